The van der Waals surface area contributed by atoms with Gasteiger partial charge in [-0.3, -0.25) is 5.41 Å². The first-order valence-corrected chi connectivity index (χ1v) is 7.50. The van der Waals surface area contributed by atoms with Gasteiger partial charge in [0.2, 0.25) is 4.80 Å². The van der Waals surface area contributed by atoms with Crippen molar-refractivity contribution in [3.8, 4) is 11.3 Å². The molecule has 6 heteroatoms. The molecule has 2 heterocycles. The molecule has 0 saturated heterocycles. The van der Waals surface area contributed by atoms with Crippen LogP contribution in [0.4, 0.5) is 0 Å². The second-order valence-electron chi connectivity index (χ2n) is 4.00. The number of thiazole rings is 1. The molecule has 0 aliphatic heterocycles. The molecule has 0 atom stereocenters. The van der Waals surface area contributed by atoms with Gasteiger partial charge >= 0.3 is 0 Å². The summed E-state index contributed by atoms with van der Waals surface area (Å²) in [4.78, 5) is 0.366. The van der Waals surface area contributed by atoms with Crippen LogP contribution in [0.1, 0.15) is 5.76 Å². The van der Waals surface area contributed by atoms with Gasteiger partial charge in [-0.2, -0.15) is 5.10 Å². The summed E-state index contributed by atoms with van der Waals surface area (Å²) in [5.41, 5.74) is 1.90. The van der Waals surface area contributed by atoms with Crippen LogP contribution in [0.25, 0.3) is 11.3 Å². The summed E-state index contributed by atoms with van der Waals surface area (Å²) < 4.78 is 7.82. The van der Waals surface area contributed by atoms with E-state index < -0.39 is 0 Å². The lowest BCUT2D eigenvalue weighted by molar-refractivity contribution is 0.559. The number of furan rings is 1. The largest absolute Gasteiger partial charge is 0.463 e. The van der Waals surface area contributed by atoms with E-state index in [9.17, 15) is 0 Å². The van der Waals surface area contributed by atoms with Crippen molar-refractivity contribution in [2.45, 2.75) is 0 Å². The molecule has 0 saturated carbocycles. The molecule has 0 bridgehead atoms. The third-order valence-electron chi connectivity index (χ3n) is 2.69. The number of nitrogens with zero attached hydrogens (tertiary/aromatic N) is 2. The minimum absolute atomic E-state index is 0.366. The number of benzene rings is 1. The number of nitrogens with one attached hydrogen (secondary N) is 1. The minimum Gasteiger partial charge on any atom is -0.463 e. The number of hydrogen-bond acceptors (Lipinski definition) is 4. The Morgan fingerprint density at radius 2 is 2.05 bits per heavy atom. The van der Waals surface area contributed by atoms with E-state index in [4.69, 9.17) is 9.83 Å². The Kier molecular flexibility index (Phi) is 3.66. The maximum atomic E-state index is 7.94. The Bertz CT molecular complexity index is 785. The molecule has 20 heavy (non-hydrogen) atoms. The summed E-state index contributed by atoms with van der Waals surface area (Å²) in [7, 11) is 0. The van der Waals surface area contributed by atoms with E-state index in [1.165, 1.54) is 11.3 Å². The van der Waals surface area contributed by atoms with E-state index in [0.29, 0.717) is 10.6 Å². The molecule has 0 radical (unpaired) electrons. The van der Waals surface area contributed by atoms with Crippen LogP contribution in [0.15, 0.2) is 62.0 Å². The second kappa shape index (κ2) is 5.60. The van der Waals surface area contributed by atoms with Crippen LogP contribution in [0, 0.1) is 5.41 Å². The zero-order chi connectivity index (χ0) is 13.9. The summed E-state index contributed by atoms with van der Waals surface area (Å²) in [5.74, 6) is 0.657. The highest BCUT2D eigenvalue weighted by atomic mass is 79.9. The molecule has 0 aliphatic rings. The number of hydrogen-bond donors (Lipinski definition) is 1. The zero-order valence-corrected chi connectivity index (χ0v) is 12.7. The lowest BCUT2D eigenvalue weighted by atomic mass is 10.2. The lowest BCUT2D eigenvalue weighted by Crippen LogP contribution is -2.09. The van der Waals surface area contributed by atoms with E-state index in [0.717, 1.165) is 15.7 Å². The second-order valence-corrected chi connectivity index (χ2v) is 5.78. The third-order valence-corrected chi connectivity index (χ3v) is 3.95. The maximum Gasteiger partial charge on any atom is 0.203 e. The van der Waals surface area contributed by atoms with Gasteiger partial charge in [0, 0.05) is 15.4 Å². The van der Waals surface area contributed by atoms with Crippen LogP contribution >= 0.6 is 27.3 Å². The Morgan fingerprint density at radius 3 is 2.75 bits per heavy atom. The Balaban J connectivity index is 2.01. The molecule has 100 valence electrons. The first kappa shape index (κ1) is 13.1. The Hall–Kier alpha value is -1.92. The third kappa shape index (κ3) is 2.66. The van der Waals surface area contributed by atoms with Crippen molar-refractivity contribution in [3.05, 3.63) is 63.1 Å². The molecule has 3 aromatic rings. The molecule has 0 fully saturated rings. The summed E-state index contributed by atoms with van der Waals surface area (Å²) in [6.07, 6.45) is 3.20. The van der Waals surface area contributed by atoms with E-state index in [1.807, 2.05) is 35.7 Å². The number of aromatic nitrogens is 1. The van der Waals surface area contributed by atoms with Crippen LogP contribution in [0.5, 0.6) is 0 Å². The fourth-order valence-corrected chi connectivity index (χ4v) is 2.69. The topological polar surface area (TPSA) is 54.3 Å². The molecule has 0 spiro atoms. The van der Waals surface area contributed by atoms with E-state index in [1.54, 1.807) is 23.2 Å². The van der Waals surface area contributed by atoms with Crippen molar-refractivity contribution in [3.63, 3.8) is 0 Å². The van der Waals surface area contributed by atoms with Crippen molar-refractivity contribution in [2.75, 3.05) is 0 Å². The summed E-state index contributed by atoms with van der Waals surface area (Å²) in [6, 6.07) is 11.5. The van der Waals surface area contributed by atoms with Crippen molar-refractivity contribution < 1.29 is 4.42 Å². The number of halogens is 1. The average molecular weight is 348 g/mol. The maximum absolute atomic E-state index is 7.94. The van der Waals surface area contributed by atoms with Gasteiger partial charge in [-0.25, -0.2) is 4.68 Å². The molecule has 2 aromatic heterocycles. The van der Waals surface area contributed by atoms with Gasteiger partial charge in [-0.1, -0.05) is 28.1 Å². The predicted octanol–water partition coefficient (Wildman–Crippen LogP) is 3.93. The fourth-order valence-electron chi connectivity index (χ4n) is 1.73. The summed E-state index contributed by atoms with van der Waals surface area (Å²) in [5, 5.41) is 14.2. The molecule has 4 nitrogen and oxygen atoms in total. The highest BCUT2D eigenvalue weighted by Crippen LogP contribution is 2.22. The first-order chi connectivity index (χ1) is 9.74. The van der Waals surface area contributed by atoms with Gasteiger partial charge in [0.1, 0.15) is 5.76 Å². The van der Waals surface area contributed by atoms with Crippen LogP contribution in [0.2, 0.25) is 0 Å². The van der Waals surface area contributed by atoms with Gasteiger partial charge < -0.3 is 4.42 Å². The molecule has 3 rings (SSSR count). The van der Waals surface area contributed by atoms with Crippen molar-refractivity contribution in [2.24, 2.45) is 5.10 Å². The smallest absolute Gasteiger partial charge is 0.203 e. The molecule has 0 amide bonds. The Morgan fingerprint density at radius 1 is 1.25 bits per heavy atom. The van der Waals surface area contributed by atoms with Crippen molar-refractivity contribution in [1.29, 1.82) is 5.41 Å². The van der Waals surface area contributed by atoms with Gasteiger partial charge in [0.15, 0.2) is 0 Å². The van der Waals surface area contributed by atoms with Gasteiger partial charge in [-0.15, -0.1) is 11.3 Å². The Labute approximate surface area is 127 Å². The zero-order valence-electron chi connectivity index (χ0n) is 10.3. The van der Waals surface area contributed by atoms with Crippen LogP contribution < -0.4 is 4.80 Å². The minimum atomic E-state index is 0.366. The van der Waals surface area contributed by atoms with E-state index >= 15 is 0 Å². The van der Waals surface area contributed by atoms with E-state index in [-0.39, 0.29) is 0 Å². The molecule has 1 N–H and O–H groups in total. The van der Waals surface area contributed by atoms with Gasteiger partial charge in [-0.05, 0) is 24.3 Å². The number of rotatable bonds is 3. The first-order valence-electron chi connectivity index (χ1n) is 5.83. The predicted molar refractivity (Wildman–Crippen MR) is 83.0 cm³/mol. The molecule has 0 aliphatic carbocycles. The van der Waals surface area contributed by atoms with Gasteiger partial charge in [0.25, 0.3) is 0 Å². The van der Waals surface area contributed by atoms with Crippen molar-refractivity contribution >= 4 is 33.5 Å². The SMILES string of the molecule is N=c1scc(-c2ccc(Br)cc2)n1N=Cc1ccco1. The molecular formula is C14H10BrN3OS. The standard InChI is InChI=1S/C14H10BrN3OS/c15-11-5-3-10(4-6-11)13-9-20-14(16)18(13)17-8-12-2-1-7-19-12/h1-9,16H. The van der Waals surface area contributed by atoms with Crippen LogP contribution in [-0.2, 0) is 0 Å². The molecule has 1 aromatic carbocycles. The normalized spacial score (nSPS) is 11.2. The van der Waals surface area contributed by atoms with Crippen LogP contribution in [-0.4, -0.2) is 10.9 Å². The van der Waals surface area contributed by atoms with Crippen molar-refractivity contribution in [1.82, 2.24) is 4.68 Å². The monoisotopic (exact) mass is 347 g/mol. The molecular weight excluding hydrogens is 338 g/mol. The van der Waals surface area contributed by atoms with Gasteiger partial charge in [0.05, 0.1) is 18.2 Å². The highest BCUT2D eigenvalue weighted by Gasteiger charge is 2.06. The summed E-state index contributed by atoms with van der Waals surface area (Å²) in [6.45, 7) is 0. The molecule has 0 unspecified atom stereocenters. The fraction of sp³-hybridized carbons (Fsp3) is 0. The highest BCUT2D eigenvalue weighted by molar-refractivity contribution is 9.10. The lowest BCUT2D eigenvalue weighted by Gasteiger charge is -2.02. The average Bonchev–Trinajstić information content (AvgIpc) is 3.07. The van der Waals surface area contributed by atoms with Crippen LogP contribution in [0.3, 0.4) is 0 Å². The summed E-state index contributed by atoms with van der Waals surface area (Å²) >= 11 is 4.76. The van der Waals surface area contributed by atoms with E-state index in [2.05, 4.69) is 21.0 Å². The quantitative estimate of drug-likeness (QED) is 0.717.